The van der Waals surface area contributed by atoms with Crippen LogP contribution in [0.4, 0.5) is 4.39 Å². The Morgan fingerprint density at radius 3 is 2.76 bits per heavy atom. The van der Waals surface area contributed by atoms with Gasteiger partial charge in [0.2, 0.25) is 11.8 Å². The lowest BCUT2D eigenvalue weighted by atomic mass is 10.2. The molecule has 0 saturated carbocycles. The van der Waals surface area contributed by atoms with Gasteiger partial charge in [0.15, 0.2) is 0 Å². The number of nitrogens with one attached hydrogen (secondary N) is 1. The first-order valence-electron chi connectivity index (χ1n) is 4.68. The second-order valence-electron chi connectivity index (χ2n) is 3.19. The summed E-state index contributed by atoms with van der Waals surface area (Å²) in [4.78, 5) is 21.5. The number of amides is 2. The monoisotopic (exact) mass is 256 g/mol. The summed E-state index contributed by atoms with van der Waals surface area (Å²) < 4.78 is 12.8. The molecule has 17 heavy (non-hydrogen) atoms. The molecular weight excluding hydrogens is 247 g/mol. The predicted octanol–water partition coefficient (Wildman–Crippen LogP) is 1.09. The van der Waals surface area contributed by atoms with E-state index in [1.165, 1.54) is 30.4 Å². The van der Waals surface area contributed by atoms with Crippen molar-refractivity contribution in [2.24, 2.45) is 5.73 Å². The van der Waals surface area contributed by atoms with Crippen molar-refractivity contribution in [3.63, 3.8) is 0 Å². The van der Waals surface area contributed by atoms with Crippen molar-refractivity contribution in [1.29, 1.82) is 0 Å². The lowest BCUT2D eigenvalue weighted by Crippen LogP contribution is -2.32. The van der Waals surface area contributed by atoms with Crippen LogP contribution in [0.2, 0.25) is 5.02 Å². The third kappa shape index (κ3) is 4.65. The molecule has 0 fully saturated rings. The highest BCUT2D eigenvalue weighted by atomic mass is 35.5. The number of primary amides is 1. The number of nitrogens with two attached hydrogens (primary N) is 1. The molecule has 3 N–H and O–H groups in total. The van der Waals surface area contributed by atoms with Crippen LogP contribution in [0.5, 0.6) is 0 Å². The molecule has 0 atom stereocenters. The molecule has 0 radical (unpaired) electrons. The highest BCUT2D eigenvalue weighted by Gasteiger charge is 2.00. The van der Waals surface area contributed by atoms with Gasteiger partial charge in [-0.3, -0.25) is 9.59 Å². The maximum Gasteiger partial charge on any atom is 0.244 e. The molecule has 0 spiro atoms. The molecule has 1 aromatic carbocycles. The number of benzene rings is 1. The highest BCUT2D eigenvalue weighted by molar-refractivity contribution is 6.30. The smallest absolute Gasteiger partial charge is 0.244 e. The fraction of sp³-hybridized carbons (Fsp3) is 0.0909. The lowest BCUT2D eigenvalue weighted by molar-refractivity contribution is -0.122. The Morgan fingerprint density at radius 2 is 2.18 bits per heavy atom. The summed E-state index contributed by atoms with van der Waals surface area (Å²) in [6.07, 6.45) is 2.65. The zero-order valence-corrected chi connectivity index (χ0v) is 9.50. The Balaban J connectivity index is 2.61. The predicted molar refractivity (Wildman–Crippen MR) is 62.6 cm³/mol. The van der Waals surface area contributed by atoms with E-state index in [-0.39, 0.29) is 11.6 Å². The molecule has 1 aromatic rings. The van der Waals surface area contributed by atoms with Crippen LogP contribution in [0.15, 0.2) is 24.3 Å². The number of carbonyl (C=O) groups excluding carboxylic acids is 2. The Hall–Kier alpha value is -1.88. The van der Waals surface area contributed by atoms with Crippen LogP contribution in [0, 0.1) is 5.82 Å². The summed E-state index contributed by atoms with van der Waals surface area (Å²) in [5, 5.41) is 2.25. The van der Waals surface area contributed by atoms with Crippen molar-refractivity contribution in [3.05, 3.63) is 40.7 Å². The minimum atomic E-state index is -0.628. The molecule has 6 heteroatoms. The fourth-order valence-electron chi connectivity index (χ4n) is 1.02. The molecular formula is C11H10ClFN2O2. The SMILES string of the molecule is NC(=O)CNC(=O)/C=C/c1ccc(F)c(Cl)c1. The van der Waals surface area contributed by atoms with Crippen LogP contribution in [-0.2, 0) is 9.59 Å². The van der Waals surface area contributed by atoms with E-state index < -0.39 is 17.6 Å². The van der Waals surface area contributed by atoms with Gasteiger partial charge < -0.3 is 11.1 Å². The number of rotatable bonds is 4. The molecule has 0 aliphatic heterocycles. The molecule has 0 aliphatic rings. The van der Waals surface area contributed by atoms with E-state index in [4.69, 9.17) is 17.3 Å². The number of carbonyl (C=O) groups is 2. The van der Waals surface area contributed by atoms with Gasteiger partial charge in [-0.2, -0.15) is 0 Å². The number of halogens is 2. The van der Waals surface area contributed by atoms with Crippen LogP contribution >= 0.6 is 11.6 Å². The second kappa shape index (κ2) is 6.00. The molecule has 90 valence electrons. The Labute approximate surface area is 102 Å². The van der Waals surface area contributed by atoms with Crippen LogP contribution in [0.3, 0.4) is 0 Å². The second-order valence-corrected chi connectivity index (χ2v) is 3.60. The number of hydrogen-bond acceptors (Lipinski definition) is 2. The largest absolute Gasteiger partial charge is 0.368 e. The molecule has 2 amide bonds. The van der Waals surface area contributed by atoms with Crippen molar-refractivity contribution in [3.8, 4) is 0 Å². The van der Waals surface area contributed by atoms with Crippen molar-refractivity contribution in [1.82, 2.24) is 5.32 Å². The standard InChI is InChI=1S/C11H10ClFN2O2/c12-8-5-7(1-3-9(8)13)2-4-11(17)15-6-10(14)16/h1-5H,6H2,(H2,14,16)(H,15,17)/b4-2+. The van der Waals surface area contributed by atoms with Crippen LogP contribution in [0.1, 0.15) is 5.56 Å². The molecule has 0 aromatic heterocycles. The summed E-state index contributed by atoms with van der Waals surface area (Å²) in [5.74, 6) is -1.62. The van der Waals surface area contributed by atoms with E-state index in [2.05, 4.69) is 5.32 Å². The summed E-state index contributed by atoms with van der Waals surface area (Å²) in [7, 11) is 0. The first kappa shape index (κ1) is 13.2. The molecule has 0 aliphatic carbocycles. The molecule has 4 nitrogen and oxygen atoms in total. The fourth-order valence-corrected chi connectivity index (χ4v) is 1.21. The quantitative estimate of drug-likeness (QED) is 0.792. The van der Waals surface area contributed by atoms with Gasteiger partial charge in [-0.25, -0.2) is 4.39 Å². The van der Waals surface area contributed by atoms with E-state index in [1.54, 1.807) is 0 Å². The van der Waals surface area contributed by atoms with Crippen molar-refractivity contribution >= 4 is 29.5 Å². The zero-order chi connectivity index (χ0) is 12.8. The van der Waals surface area contributed by atoms with Crippen molar-refractivity contribution in [2.45, 2.75) is 0 Å². The van der Waals surface area contributed by atoms with Crippen molar-refractivity contribution < 1.29 is 14.0 Å². The van der Waals surface area contributed by atoms with Gasteiger partial charge in [0.25, 0.3) is 0 Å². The van der Waals surface area contributed by atoms with Gasteiger partial charge in [0, 0.05) is 6.08 Å². The van der Waals surface area contributed by atoms with E-state index in [0.717, 1.165) is 0 Å². The van der Waals surface area contributed by atoms with E-state index in [1.807, 2.05) is 0 Å². The van der Waals surface area contributed by atoms with Crippen LogP contribution in [-0.4, -0.2) is 18.4 Å². The Morgan fingerprint density at radius 1 is 1.47 bits per heavy atom. The Bertz CT molecular complexity index is 475. The van der Waals surface area contributed by atoms with Gasteiger partial charge >= 0.3 is 0 Å². The normalized spacial score (nSPS) is 10.5. The van der Waals surface area contributed by atoms with Gasteiger partial charge in [-0.15, -0.1) is 0 Å². The van der Waals surface area contributed by atoms with Crippen LogP contribution in [0.25, 0.3) is 6.08 Å². The maximum absolute atomic E-state index is 12.8. The summed E-state index contributed by atoms with van der Waals surface area (Å²) in [6, 6.07) is 4.05. The molecule has 1 rings (SSSR count). The minimum Gasteiger partial charge on any atom is -0.368 e. The van der Waals surface area contributed by atoms with Gasteiger partial charge in [0.05, 0.1) is 11.6 Å². The topological polar surface area (TPSA) is 72.2 Å². The van der Waals surface area contributed by atoms with Gasteiger partial charge in [-0.1, -0.05) is 17.7 Å². The molecule has 0 saturated heterocycles. The average molecular weight is 257 g/mol. The third-order valence-electron chi connectivity index (χ3n) is 1.81. The summed E-state index contributed by atoms with van der Waals surface area (Å²) in [5.41, 5.74) is 5.42. The van der Waals surface area contributed by atoms with Crippen LogP contribution < -0.4 is 11.1 Å². The first-order chi connectivity index (χ1) is 7.99. The highest BCUT2D eigenvalue weighted by Crippen LogP contribution is 2.16. The Kier molecular flexibility index (Phi) is 4.66. The zero-order valence-electron chi connectivity index (χ0n) is 8.74. The summed E-state index contributed by atoms with van der Waals surface area (Å²) in [6.45, 7) is -0.229. The maximum atomic E-state index is 12.8. The summed E-state index contributed by atoms with van der Waals surface area (Å²) >= 11 is 5.56. The molecule has 0 heterocycles. The molecule has 0 bridgehead atoms. The lowest BCUT2D eigenvalue weighted by Gasteiger charge is -1.98. The van der Waals surface area contributed by atoms with E-state index in [9.17, 15) is 14.0 Å². The van der Waals surface area contributed by atoms with Gasteiger partial charge in [-0.05, 0) is 23.8 Å². The minimum absolute atomic E-state index is 0.0234. The molecule has 0 unspecified atom stereocenters. The van der Waals surface area contributed by atoms with E-state index >= 15 is 0 Å². The van der Waals surface area contributed by atoms with Crippen molar-refractivity contribution in [2.75, 3.05) is 6.54 Å². The van der Waals surface area contributed by atoms with E-state index in [0.29, 0.717) is 5.56 Å². The first-order valence-corrected chi connectivity index (χ1v) is 5.06. The van der Waals surface area contributed by atoms with Gasteiger partial charge in [0.1, 0.15) is 5.82 Å². The number of hydrogen-bond donors (Lipinski definition) is 2. The third-order valence-corrected chi connectivity index (χ3v) is 2.10. The average Bonchev–Trinajstić information content (AvgIpc) is 2.28.